The summed E-state index contributed by atoms with van der Waals surface area (Å²) in [5.41, 5.74) is 10.5. The number of carbonyl (C=O) groups is 2. The lowest BCUT2D eigenvalue weighted by molar-refractivity contribution is 0.109. The largest absolute Gasteiger partial charge is 0.298 e. The van der Waals surface area contributed by atoms with Gasteiger partial charge >= 0.3 is 0 Å². The molecule has 0 N–H and O–H groups in total. The Hall–Kier alpha value is -2.48. The summed E-state index contributed by atoms with van der Waals surface area (Å²) in [7, 11) is 0. The van der Waals surface area contributed by atoms with Gasteiger partial charge in [0.2, 0.25) is 0 Å². The van der Waals surface area contributed by atoms with Crippen LogP contribution >= 0.6 is 0 Å². The van der Waals surface area contributed by atoms with Crippen molar-refractivity contribution in [1.82, 2.24) is 0 Å². The van der Waals surface area contributed by atoms with Crippen molar-refractivity contribution in [2.45, 2.75) is 55.4 Å². The third kappa shape index (κ3) is 2.11. The van der Waals surface area contributed by atoms with E-state index in [0.29, 0.717) is 11.1 Å². The molecule has 0 aliphatic heterocycles. The van der Waals surface area contributed by atoms with E-state index in [2.05, 4.69) is 41.5 Å². The van der Waals surface area contributed by atoms with E-state index in [-0.39, 0.29) is 0 Å². The van der Waals surface area contributed by atoms with Gasteiger partial charge in [0.1, 0.15) is 0 Å². The molecule has 0 saturated carbocycles. The molecule has 0 heterocycles. The minimum atomic E-state index is 0.519. The van der Waals surface area contributed by atoms with Crippen LogP contribution in [0.2, 0.25) is 0 Å². The molecule has 0 bridgehead atoms. The van der Waals surface area contributed by atoms with Gasteiger partial charge in [0.15, 0.2) is 12.6 Å². The molecular formula is C24H26O2. The maximum Gasteiger partial charge on any atom is 0.151 e. The first kappa shape index (κ1) is 18.3. The van der Waals surface area contributed by atoms with Gasteiger partial charge in [0, 0.05) is 11.1 Å². The monoisotopic (exact) mass is 346 g/mol. The van der Waals surface area contributed by atoms with E-state index in [1.165, 1.54) is 44.2 Å². The molecule has 0 spiro atoms. The topological polar surface area (TPSA) is 34.1 Å². The van der Waals surface area contributed by atoms with Crippen molar-refractivity contribution < 1.29 is 9.59 Å². The summed E-state index contributed by atoms with van der Waals surface area (Å²) < 4.78 is 0. The Labute approximate surface area is 155 Å². The molecule has 3 rings (SSSR count). The summed E-state index contributed by atoms with van der Waals surface area (Å²) in [5, 5.41) is 4.81. The van der Waals surface area contributed by atoms with Crippen LogP contribution in [0, 0.1) is 55.4 Å². The van der Waals surface area contributed by atoms with Crippen LogP contribution < -0.4 is 0 Å². The van der Waals surface area contributed by atoms with Gasteiger partial charge in [-0.3, -0.25) is 9.59 Å². The third-order valence-electron chi connectivity index (χ3n) is 6.52. The minimum absolute atomic E-state index is 0.519. The van der Waals surface area contributed by atoms with E-state index in [1.807, 2.05) is 13.8 Å². The minimum Gasteiger partial charge on any atom is -0.298 e. The third-order valence-corrected chi connectivity index (χ3v) is 6.52. The maximum absolute atomic E-state index is 11.7. The molecule has 2 nitrogen and oxygen atoms in total. The van der Waals surface area contributed by atoms with E-state index in [4.69, 9.17) is 0 Å². The molecule has 0 unspecified atom stereocenters. The lowest BCUT2D eigenvalue weighted by atomic mass is 9.80. The second-order valence-electron chi connectivity index (χ2n) is 7.56. The van der Waals surface area contributed by atoms with Crippen molar-refractivity contribution in [2.75, 3.05) is 0 Å². The summed E-state index contributed by atoms with van der Waals surface area (Å²) in [5.74, 6) is 0. The smallest absolute Gasteiger partial charge is 0.151 e. The molecule has 134 valence electrons. The lowest BCUT2D eigenvalue weighted by Crippen LogP contribution is -2.05. The SMILES string of the molecule is Cc1c(C)c(C)c2c(C)c3c(C)c(C=O)c(C=O)c(C)c3c(C)c2c1C. The molecule has 0 aliphatic carbocycles. The lowest BCUT2D eigenvalue weighted by Gasteiger charge is -2.23. The molecule has 0 radical (unpaired) electrons. The highest BCUT2D eigenvalue weighted by Crippen LogP contribution is 2.42. The van der Waals surface area contributed by atoms with Crippen molar-refractivity contribution in [3.63, 3.8) is 0 Å². The van der Waals surface area contributed by atoms with Crippen LogP contribution in [0.5, 0.6) is 0 Å². The fourth-order valence-electron chi connectivity index (χ4n) is 4.79. The predicted molar refractivity (Wildman–Crippen MR) is 110 cm³/mol. The summed E-state index contributed by atoms with van der Waals surface area (Å²) in [4.78, 5) is 23.4. The van der Waals surface area contributed by atoms with Crippen LogP contribution in [0.3, 0.4) is 0 Å². The maximum atomic E-state index is 11.7. The van der Waals surface area contributed by atoms with Gasteiger partial charge in [-0.25, -0.2) is 0 Å². The fraction of sp³-hybridized carbons (Fsp3) is 0.333. The molecule has 0 amide bonds. The Bertz CT molecular complexity index is 1040. The number of hydrogen-bond acceptors (Lipinski definition) is 2. The first-order valence-corrected chi connectivity index (χ1v) is 9.05. The average molecular weight is 346 g/mol. The first-order valence-electron chi connectivity index (χ1n) is 9.05. The van der Waals surface area contributed by atoms with Crippen LogP contribution in [0.25, 0.3) is 21.5 Å². The average Bonchev–Trinajstić information content (AvgIpc) is 2.61. The number of hydrogen-bond donors (Lipinski definition) is 0. The highest BCUT2D eigenvalue weighted by atomic mass is 16.1. The second-order valence-corrected chi connectivity index (χ2v) is 7.56. The fourth-order valence-corrected chi connectivity index (χ4v) is 4.79. The van der Waals surface area contributed by atoms with Crippen molar-refractivity contribution in [3.8, 4) is 0 Å². The molecule has 0 saturated heterocycles. The predicted octanol–water partition coefficient (Wildman–Crippen LogP) is 6.09. The van der Waals surface area contributed by atoms with E-state index in [9.17, 15) is 9.59 Å². The van der Waals surface area contributed by atoms with Gasteiger partial charge in [-0.2, -0.15) is 0 Å². The Balaban J connectivity index is 2.82. The normalized spacial score (nSPS) is 11.4. The molecule has 26 heavy (non-hydrogen) atoms. The van der Waals surface area contributed by atoms with Gasteiger partial charge in [0.05, 0.1) is 0 Å². The molecule has 0 atom stereocenters. The number of aryl methyl sites for hydroxylation is 6. The highest BCUT2D eigenvalue weighted by Gasteiger charge is 2.22. The quantitative estimate of drug-likeness (QED) is 0.416. The van der Waals surface area contributed by atoms with E-state index >= 15 is 0 Å². The Kier molecular flexibility index (Phi) is 4.26. The summed E-state index contributed by atoms with van der Waals surface area (Å²) in [6.07, 6.45) is 1.64. The van der Waals surface area contributed by atoms with Crippen molar-refractivity contribution in [2.24, 2.45) is 0 Å². The Morgan fingerprint density at radius 1 is 0.385 bits per heavy atom. The van der Waals surface area contributed by atoms with Crippen LogP contribution in [0.4, 0.5) is 0 Å². The number of aldehydes is 2. The highest BCUT2D eigenvalue weighted by molar-refractivity contribution is 6.14. The van der Waals surface area contributed by atoms with E-state index in [1.54, 1.807) is 0 Å². The number of fused-ring (bicyclic) bond motifs is 2. The molecule has 0 aromatic heterocycles. The Morgan fingerprint density at radius 2 is 0.654 bits per heavy atom. The van der Waals surface area contributed by atoms with E-state index < -0.39 is 0 Å². The van der Waals surface area contributed by atoms with Crippen LogP contribution in [0.15, 0.2) is 0 Å². The summed E-state index contributed by atoms with van der Waals surface area (Å²) in [6.45, 7) is 16.9. The summed E-state index contributed by atoms with van der Waals surface area (Å²) in [6, 6.07) is 0. The number of rotatable bonds is 2. The zero-order valence-corrected chi connectivity index (χ0v) is 17.0. The van der Waals surface area contributed by atoms with Crippen LogP contribution in [-0.4, -0.2) is 12.6 Å². The molecule has 0 fully saturated rings. The van der Waals surface area contributed by atoms with E-state index in [0.717, 1.165) is 34.5 Å². The van der Waals surface area contributed by atoms with Crippen molar-refractivity contribution in [1.29, 1.82) is 0 Å². The summed E-state index contributed by atoms with van der Waals surface area (Å²) >= 11 is 0. The Morgan fingerprint density at radius 3 is 0.923 bits per heavy atom. The van der Waals surface area contributed by atoms with Gasteiger partial charge < -0.3 is 0 Å². The first-order chi connectivity index (χ1) is 12.2. The second kappa shape index (κ2) is 6.05. The van der Waals surface area contributed by atoms with Gasteiger partial charge in [-0.1, -0.05) is 0 Å². The van der Waals surface area contributed by atoms with Gasteiger partial charge in [-0.05, 0) is 121 Å². The van der Waals surface area contributed by atoms with Gasteiger partial charge in [0.25, 0.3) is 0 Å². The molecule has 3 aromatic rings. The van der Waals surface area contributed by atoms with Crippen molar-refractivity contribution >= 4 is 34.1 Å². The standard InChI is InChI=1S/C24H26O2/c1-11-12(2)14(4)22-18(8)24-16(6)20(10-26)19(9-25)15(5)23(24)17(7)21(22)13(11)3/h9-10H,1-8H3. The van der Waals surface area contributed by atoms with Gasteiger partial charge in [-0.15, -0.1) is 0 Å². The molecule has 2 heteroatoms. The van der Waals surface area contributed by atoms with Crippen LogP contribution in [0.1, 0.15) is 65.2 Å². The molecule has 0 aliphatic rings. The molecular weight excluding hydrogens is 320 g/mol. The molecule has 3 aromatic carbocycles. The number of carbonyl (C=O) groups excluding carboxylic acids is 2. The van der Waals surface area contributed by atoms with Crippen LogP contribution in [-0.2, 0) is 0 Å². The van der Waals surface area contributed by atoms with Crippen molar-refractivity contribution in [3.05, 3.63) is 55.6 Å². The number of benzene rings is 3. The zero-order chi connectivity index (χ0) is 19.5. The zero-order valence-electron chi connectivity index (χ0n) is 17.0.